The number of aliphatic imine (C=N–C) groups is 1. The van der Waals surface area contributed by atoms with Crippen LogP contribution in [0.2, 0.25) is 0 Å². The molecule has 0 amide bonds. The summed E-state index contributed by atoms with van der Waals surface area (Å²) in [5.74, 6) is -0.546. The maximum Gasteiger partial charge on any atom is 0.363 e. The number of carbonyl (C=O) groups is 3. The predicted molar refractivity (Wildman–Crippen MR) is 134 cm³/mol. The standard InChI is InChI=1S/C28H23NO8/c1-16-5-8-19(9-6-16)27(31)36-23-11-7-18(14-24(23)33-3)13-21-28(32)37-26(29-21)20-10-12-22(35-17(2)30)25(15-20)34-4/h5-15H,1-4H3/b21-13-. The highest BCUT2D eigenvalue weighted by Gasteiger charge is 2.25. The number of methoxy groups -OCH3 is 2. The fourth-order valence-corrected chi connectivity index (χ4v) is 3.44. The molecule has 0 aromatic heterocycles. The molecule has 37 heavy (non-hydrogen) atoms. The monoisotopic (exact) mass is 501 g/mol. The number of cyclic esters (lactones) is 1. The summed E-state index contributed by atoms with van der Waals surface area (Å²) in [5.41, 5.74) is 2.53. The molecule has 0 atom stereocenters. The first kappa shape index (κ1) is 25.2. The van der Waals surface area contributed by atoms with Crippen LogP contribution in [0.1, 0.15) is 34.0 Å². The van der Waals surface area contributed by atoms with Crippen LogP contribution in [0.15, 0.2) is 71.4 Å². The molecule has 0 radical (unpaired) electrons. The molecule has 0 saturated carbocycles. The molecule has 0 saturated heterocycles. The van der Waals surface area contributed by atoms with Crippen molar-refractivity contribution in [3.05, 3.63) is 88.6 Å². The van der Waals surface area contributed by atoms with E-state index in [-0.39, 0.29) is 28.8 Å². The van der Waals surface area contributed by atoms with Gasteiger partial charge in [0.25, 0.3) is 0 Å². The van der Waals surface area contributed by atoms with E-state index in [4.69, 9.17) is 23.7 Å². The van der Waals surface area contributed by atoms with Crippen LogP contribution < -0.4 is 18.9 Å². The van der Waals surface area contributed by atoms with E-state index < -0.39 is 17.9 Å². The molecule has 9 nitrogen and oxygen atoms in total. The van der Waals surface area contributed by atoms with Crippen molar-refractivity contribution >= 4 is 29.9 Å². The fourth-order valence-electron chi connectivity index (χ4n) is 3.44. The van der Waals surface area contributed by atoms with Crippen molar-refractivity contribution in [2.24, 2.45) is 4.99 Å². The third-order valence-corrected chi connectivity index (χ3v) is 5.27. The van der Waals surface area contributed by atoms with Crippen molar-refractivity contribution in [3.63, 3.8) is 0 Å². The van der Waals surface area contributed by atoms with Gasteiger partial charge in [0, 0.05) is 12.5 Å². The highest BCUT2D eigenvalue weighted by Crippen LogP contribution is 2.32. The summed E-state index contributed by atoms with van der Waals surface area (Å²) in [6, 6.07) is 16.5. The molecule has 3 aromatic rings. The summed E-state index contributed by atoms with van der Waals surface area (Å²) in [7, 11) is 2.87. The first-order chi connectivity index (χ1) is 17.8. The van der Waals surface area contributed by atoms with Crippen LogP contribution in [0, 0.1) is 6.92 Å². The maximum atomic E-state index is 12.5. The lowest BCUT2D eigenvalue weighted by atomic mass is 10.1. The molecule has 1 aliphatic rings. The van der Waals surface area contributed by atoms with Crippen molar-refractivity contribution in [1.82, 2.24) is 0 Å². The second-order valence-corrected chi connectivity index (χ2v) is 7.96. The van der Waals surface area contributed by atoms with Gasteiger partial charge in [0.05, 0.1) is 19.8 Å². The highest BCUT2D eigenvalue weighted by atomic mass is 16.6. The molecular weight excluding hydrogens is 478 g/mol. The number of benzene rings is 3. The van der Waals surface area contributed by atoms with Gasteiger partial charge >= 0.3 is 17.9 Å². The molecule has 0 N–H and O–H groups in total. The summed E-state index contributed by atoms with van der Waals surface area (Å²) in [6.07, 6.45) is 1.52. The number of ether oxygens (including phenoxy) is 5. The van der Waals surface area contributed by atoms with Crippen LogP contribution in [0.4, 0.5) is 0 Å². The van der Waals surface area contributed by atoms with Crippen molar-refractivity contribution in [1.29, 1.82) is 0 Å². The molecule has 1 aliphatic heterocycles. The number of esters is 3. The van der Waals surface area contributed by atoms with Crippen LogP contribution in [-0.4, -0.2) is 38.0 Å². The van der Waals surface area contributed by atoms with Gasteiger partial charge in [-0.05, 0) is 61.0 Å². The van der Waals surface area contributed by atoms with Gasteiger partial charge in [-0.2, -0.15) is 0 Å². The van der Waals surface area contributed by atoms with Gasteiger partial charge in [0.15, 0.2) is 28.7 Å². The molecule has 0 unspecified atom stereocenters. The Morgan fingerprint density at radius 1 is 0.838 bits per heavy atom. The Hall–Kier alpha value is -4.92. The molecule has 3 aromatic carbocycles. The van der Waals surface area contributed by atoms with Gasteiger partial charge in [-0.25, -0.2) is 14.6 Å². The predicted octanol–water partition coefficient (Wildman–Crippen LogP) is 4.50. The zero-order valence-corrected chi connectivity index (χ0v) is 20.6. The number of aryl methyl sites for hydroxylation is 1. The fraction of sp³-hybridized carbons (Fsp3) is 0.143. The Morgan fingerprint density at radius 3 is 2.16 bits per heavy atom. The third-order valence-electron chi connectivity index (χ3n) is 5.27. The quantitative estimate of drug-likeness (QED) is 0.264. The van der Waals surface area contributed by atoms with Crippen LogP contribution in [0.25, 0.3) is 6.08 Å². The number of nitrogens with zero attached hydrogens (tertiary/aromatic N) is 1. The zero-order chi connectivity index (χ0) is 26.5. The molecular formula is C28H23NO8. The van der Waals surface area contributed by atoms with Gasteiger partial charge < -0.3 is 23.7 Å². The lowest BCUT2D eigenvalue weighted by Gasteiger charge is -2.10. The Labute approximate surface area is 212 Å². The van der Waals surface area contributed by atoms with E-state index in [9.17, 15) is 14.4 Å². The molecule has 1 heterocycles. The van der Waals surface area contributed by atoms with E-state index in [2.05, 4.69) is 4.99 Å². The van der Waals surface area contributed by atoms with E-state index in [0.717, 1.165) is 5.56 Å². The van der Waals surface area contributed by atoms with Crippen molar-refractivity contribution in [2.75, 3.05) is 14.2 Å². The van der Waals surface area contributed by atoms with Gasteiger partial charge in [0.1, 0.15) is 0 Å². The van der Waals surface area contributed by atoms with Crippen LogP contribution in [0.3, 0.4) is 0 Å². The van der Waals surface area contributed by atoms with E-state index in [1.807, 2.05) is 19.1 Å². The molecule has 0 bridgehead atoms. The summed E-state index contributed by atoms with van der Waals surface area (Å²) < 4.78 is 26.5. The van der Waals surface area contributed by atoms with E-state index in [1.165, 1.54) is 33.3 Å². The van der Waals surface area contributed by atoms with Crippen molar-refractivity contribution < 1.29 is 38.1 Å². The van der Waals surface area contributed by atoms with Gasteiger partial charge in [-0.1, -0.05) is 23.8 Å². The first-order valence-electron chi connectivity index (χ1n) is 11.1. The van der Waals surface area contributed by atoms with Crippen molar-refractivity contribution in [3.8, 4) is 23.0 Å². The van der Waals surface area contributed by atoms with E-state index >= 15 is 0 Å². The highest BCUT2D eigenvalue weighted by molar-refractivity contribution is 6.13. The normalized spacial score (nSPS) is 13.6. The number of rotatable bonds is 7. The summed E-state index contributed by atoms with van der Waals surface area (Å²) in [6.45, 7) is 3.21. The number of carbonyl (C=O) groups excluding carboxylic acids is 3. The largest absolute Gasteiger partial charge is 0.493 e. The zero-order valence-electron chi connectivity index (χ0n) is 20.6. The Balaban J connectivity index is 1.56. The lowest BCUT2D eigenvalue weighted by Crippen LogP contribution is -2.09. The second-order valence-electron chi connectivity index (χ2n) is 7.96. The average Bonchev–Trinajstić information content (AvgIpc) is 3.25. The SMILES string of the molecule is COc1cc(C2=N/C(=C\c3ccc(OC(=O)c4ccc(C)cc4)c(OC)c3)C(=O)O2)ccc1OC(C)=O. The van der Waals surface area contributed by atoms with Crippen LogP contribution in [-0.2, 0) is 14.3 Å². The molecule has 9 heteroatoms. The summed E-state index contributed by atoms with van der Waals surface area (Å²) in [4.78, 5) is 40.5. The third kappa shape index (κ3) is 5.84. The molecule has 0 fully saturated rings. The minimum atomic E-state index is -0.646. The Kier molecular flexibility index (Phi) is 7.34. The number of hydrogen-bond acceptors (Lipinski definition) is 9. The average molecular weight is 501 g/mol. The molecule has 4 rings (SSSR count). The number of hydrogen-bond donors (Lipinski definition) is 0. The second kappa shape index (κ2) is 10.8. The van der Waals surface area contributed by atoms with E-state index in [0.29, 0.717) is 22.4 Å². The lowest BCUT2D eigenvalue weighted by molar-refractivity contribution is -0.132. The van der Waals surface area contributed by atoms with E-state index in [1.54, 1.807) is 42.5 Å². The summed E-state index contributed by atoms with van der Waals surface area (Å²) in [5, 5.41) is 0. The summed E-state index contributed by atoms with van der Waals surface area (Å²) >= 11 is 0. The van der Waals surface area contributed by atoms with Crippen LogP contribution >= 0.6 is 0 Å². The van der Waals surface area contributed by atoms with Gasteiger partial charge in [0.2, 0.25) is 5.90 Å². The molecule has 188 valence electrons. The van der Waals surface area contributed by atoms with Gasteiger partial charge in [-0.3, -0.25) is 4.79 Å². The van der Waals surface area contributed by atoms with Crippen LogP contribution in [0.5, 0.6) is 23.0 Å². The topological polar surface area (TPSA) is 110 Å². The van der Waals surface area contributed by atoms with Gasteiger partial charge in [-0.15, -0.1) is 0 Å². The Bertz CT molecular complexity index is 1440. The smallest absolute Gasteiger partial charge is 0.363 e. The minimum Gasteiger partial charge on any atom is -0.493 e. The minimum absolute atomic E-state index is 0.0597. The molecule has 0 aliphatic carbocycles. The Morgan fingerprint density at radius 2 is 1.49 bits per heavy atom. The molecule has 0 spiro atoms. The van der Waals surface area contributed by atoms with Crippen molar-refractivity contribution in [2.45, 2.75) is 13.8 Å². The first-order valence-corrected chi connectivity index (χ1v) is 11.1. The maximum absolute atomic E-state index is 12.5.